The molecule has 3 rings (SSSR count). The number of carbonyl (C=O) groups is 2. The van der Waals surface area contributed by atoms with Gasteiger partial charge < -0.3 is 10.1 Å². The maximum atomic E-state index is 12.6. The first-order chi connectivity index (χ1) is 13.3. The Hall–Kier alpha value is -2.42. The summed E-state index contributed by atoms with van der Waals surface area (Å²) in [4.78, 5) is 24.7. The largest absolute Gasteiger partial charge is 0.462 e. The van der Waals surface area contributed by atoms with Crippen LogP contribution in [0.15, 0.2) is 18.2 Å². The number of hydrogen-bond donors (Lipinski definition) is 1. The van der Waals surface area contributed by atoms with Crippen LogP contribution in [-0.2, 0) is 32.5 Å². The van der Waals surface area contributed by atoms with Gasteiger partial charge in [0.05, 0.1) is 30.2 Å². The lowest BCUT2D eigenvalue weighted by molar-refractivity contribution is -0.674. The van der Waals surface area contributed by atoms with E-state index in [1.165, 1.54) is 0 Å². The van der Waals surface area contributed by atoms with Crippen molar-refractivity contribution in [1.29, 1.82) is 0 Å². The van der Waals surface area contributed by atoms with Crippen LogP contribution in [0, 0.1) is 6.92 Å². The van der Waals surface area contributed by atoms with Crippen LogP contribution in [0.25, 0.3) is 11.0 Å². The summed E-state index contributed by atoms with van der Waals surface area (Å²) in [7, 11) is -3.05. The molecule has 1 fully saturated rings. The number of aromatic nitrogens is 2. The molecule has 1 aliphatic rings. The van der Waals surface area contributed by atoms with Crippen molar-refractivity contribution in [3.63, 3.8) is 0 Å². The first-order valence-electron chi connectivity index (χ1n) is 9.45. The molecule has 0 spiro atoms. The number of esters is 1. The molecule has 0 unspecified atom stereocenters. The normalized spacial score (nSPS) is 18.3. The SMILES string of the molecule is CCOC(=O)c1ccc2c(c1)n(CC(=O)N[C@@H]1CCS(=O)(=O)C1)c(C)[n+]2CC. The number of ether oxygens (including phenoxy) is 1. The van der Waals surface area contributed by atoms with Gasteiger partial charge in [0.1, 0.15) is 0 Å². The number of fused-ring (bicyclic) bond motifs is 1. The maximum absolute atomic E-state index is 12.6. The number of nitrogens with zero attached hydrogens (tertiary/aromatic N) is 2. The Morgan fingerprint density at radius 1 is 1.32 bits per heavy atom. The molecule has 1 aliphatic heterocycles. The van der Waals surface area contributed by atoms with E-state index in [9.17, 15) is 18.0 Å². The minimum Gasteiger partial charge on any atom is -0.462 e. The van der Waals surface area contributed by atoms with E-state index >= 15 is 0 Å². The first kappa shape index (κ1) is 20.3. The van der Waals surface area contributed by atoms with Crippen LogP contribution in [0.3, 0.4) is 0 Å². The zero-order valence-corrected chi connectivity index (χ0v) is 17.2. The fraction of sp³-hybridized carbons (Fsp3) is 0.526. The van der Waals surface area contributed by atoms with Gasteiger partial charge in [-0.15, -0.1) is 0 Å². The number of aryl methyl sites for hydroxylation is 1. The number of imidazole rings is 1. The average molecular weight is 409 g/mol. The van der Waals surface area contributed by atoms with Crippen molar-refractivity contribution in [3.8, 4) is 0 Å². The van der Waals surface area contributed by atoms with Gasteiger partial charge in [-0.1, -0.05) is 0 Å². The van der Waals surface area contributed by atoms with Crippen LogP contribution in [0.1, 0.15) is 36.5 Å². The van der Waals surface area contributed by atoms with E-state index in [2.05, 4.69) is 9.88 Å². The van der Waals surface area contributed by atoms with Crippen LogP contribution in [-0.4, -0.2) is 49.0 Å². The summed E-state index contributed by atoms with van der Waals surface area (Å²) in [6, 6.07) is 4.98. The van der Waals surface area contributed by atoms with Gasteiger partial charge in [0.15, 0.2) is 27.4 Å². The van der Waals surface area contributed by atoms with Crippen LogP contribution in [0.5, 0.6) is 0 Å². The van der Waals surface area contributed by atoms with E-state index in [1.807, 2.05) is 24.5 Å². The smallest absolute Gasteiger partial charge is 0.338 e. The zero-order chi connectivity index (χ0) is 20.5. The zero-order valence-electron chi connectivity index (χ0n) is 16.4. The molecule has 1 N–H and O–H groups in total. The Balaban J connectivity index is 1.90. The van der Waals surface area contributed by atoms with Gasteiger partial charge in [-0.05, 0) is 32.4 Å². The third-order valence-corrected chi connectivity index (χ3v) is 6.83. The highest BCUT2D eigenvalue weighted by Crippen LogP contribution is 2.18. The van der Waals surface area contributed by atoms with E-state index in [0.29, 0.717) is 18.6 Å². The predicted octanol–water partition coefficient (Wildman–Crippen LogP) is 0.737. The Bertz CT molecular complexity index is 1030. The van der Waals surface area contributed by atoms with Crippen LogP contribution >= 0.6 is 0 Å². The minimum atomic E-state index is -3.05. The molecular weight excluding hydrogens is 382 g/mol. The predicted molar refractivity (Wildman–Crippen MR) is 104 cm³/mol. The maximum Gasteiger partial charge on any atom is 0.338 e. The van der Waals surface area contributed by atoms with Gasteiger partial charge in [0.25, 0.3) is 11.7 Å². The second-order valence-corrected chi connectivity index (χ2v) is 9.20. The highest BCUT2D eigenvalue weighted by Gasteiger charge is 2.30. The molecular formula is C19H26N3O5S+. The Morgan fingerprint density at radius 3 is 2.68 bits per heavy atom. The molecule has 8 nitrogen and oxygen atoms in total. The topological polar surface area (TPSA) is 98.3 Å². The molecule has 0 bridgehead atoms. The molecule has 28 heavy (non-hydrogen) atoms. The van der Waals surface area contributed by atoms with E-state index < -0.39 is 15.8 Å². The van der Waals surface area contributed by atoms with Crippen molar-refractivity contribution in [2.24, 2.45) is 0 Å². The molecule has 0 saturated carbocycles. The van der Waals surface area contributed by atoms with Crippen molar-refractivity contribution < 1.29 is 27.3 Å². The standard InChI is InChI=1S/C19H25N3O5S/c1-4-21-13(3)22(11-18(23)20-15-8-9-28(25,26)12-15)17-10-14(6-7-16(17)21)19(24)27-5-2/h6-7,10,15H,4-5,8-9,11-12H2,1-3H3/p+1/t15-/m1/s1. The van der Waals surface area contributed by atoms with Crippen LogP contribution in [0.2, 0.25) is 0 Å². The molecule has 1 aromatic heterocycles. The fourth-order valence-electron chi connectivity index (χ4n) is 3.73. The summed E-state index contributed by atoms with van der Waals surface area (Å²) in [5.74, 6) is 0.340. The molecule has 1 amide bonds. The van der Waals surface area contributed by atoms with Crippen molar-refractivity contribution in [3.05, 3.63) is 29.6 Å². The number of carbonyl (C=O) groups excluding carboxylic acids is 2. The van der Waals surface area contributed by atoms with Gasteiger partial charge in [0.2, 0.25) is 0 Å². The lowest BCUT2D eigenvalue weighted by atomic mass is 10.2. The summed E-state index contributed by atoms with van der Waals surface area (Å²) in [6.07, 6.45) is 0.446. The average Bonchev–Trinajstić information content (AvgIpc) is 3.11. The van der Waals surface area contributed by atoms with Gasteiger partial charge in [-0.3, -0.25) is 4.79 Å². The van der Waals surface area contributed by atoms with E-state index in [-0.39, 0.29) is 30.0 Å². The van der Waals surface area contributed by atoms with Crippen molar-refractivity contribution in [2.75, 3.05) is 18.1 Å². The Labute approximate surface area is 164 Å². The highest BCUT2D eigenvalue weighted by atomic mass is 32.2. The van der Waals surface area contributed by atoms with Crippen molar-refractivity contribution in [1.82, 2.24) is 9.88 Å². The molecule has 1 atom stereocenters. The van der Waals surface area contributed by atoms with E-state index in [0.717, 1.165) is 23.4 Å². The Morgan fingerprint density at radius 2 is 2.07 bits per heavy atom. The Kier molecular flexibility index (Phi) is 5.74. The number of benzene rings is 1. The van der Waals surface area contributed by atoms with Crippen molar-refractivity contribution in [2.45, 2.75) is 46.3 Å². The summed E-state index contributed by atoms with van der Waals surface area (Å²) >= 11 is 0. The summed E-state index contributed by atoms with van der Waals surface area (Å²) < 4.78 is 32.2. The molecule has 1 saturated heterocycles. The molecule has 0 radical (unpaired) electrons. The summed E-state index contributed by atoms with van der Waals surface area (Å²) in [6.45, 7) is 6.75. The van der Waals surface area contributed by atoms with Gasteiger partial charge in [-0.2, -0.15) is 0 Å². The van der Waals surface area contributed by atoms with E-state index in [4.69, 9.17) is 4.74 Å². The van der Waals surface area contributed by atoms with Crippen LogP contribution < -0.4 is 9.88 Å². The highest BCUT2D eigenvalue weighted by molar-refractivity contribution is 7.91. The number of nitrogens with one attached hydrogen (secondary N) is 1. The molecule has 9 heteroatoms. The third-order valence-electron chi connectivity index (χ3n) is 5.06. The minimum absolute atomic E-state index is 0.00782. The molecule has 2 aromatic rings. The van der Waals surface area contributed by atoms with Gasteiger partial charge in [0, 0.05) is 19.0 Å². The second-order valence-electron chi connectivity index (χ2n) is 6.97. The number of hydrogen-bond acceptors (Lipinski definition) is 5. The number of amides is 1. The quantitative estimate of drug-likeness (QED) is 0.561. The molecule has 1 aromatic carbocycles. The lowest BCUT2D eigenvalue weighted by Crippen LogP contribution is -2.39. The fourth-order valence-corrected chi connectivity index (χ4v) is 5.40. The van der Waals surface area contributed by atoms with Crippen LogP contribution in [0.4, 0.5) is 0 Å². The van der Waals surface area contributed by atoms with Crippen molar-refractivity contribution >= 4 is 32.7 Å². The number of rotatable bonds is 6. The summed E-state index contributed by atoms with van der Waals surface area (Å²) in [5.41, 5.74) is 2.11. The second kappa shape index (κ2) is 7.90. The monoisotopic (exact) mass is 408 g/mol. The van der Waals surface area contributed by atoms with Gasteiger partial charge in [-0.25, -0.2) is 22.3 Å². The molecule has 0 aliphatic carbocycles. The first-order valence-corrected chi connectivity index (χ1v) is 11.3. The third kappa shape index (κ3) is 4.04. The summed E-state index contributed by atoms with van der Waals surface area (Å²) in [5, 5.41) is 2.82. The molecule has 2 heterocycles. The van der Waals surface area contributed by atoms with Gasteiger partial charge >= 0.3 is 5.97 Å². The number of sulfone groups is 1. The van der Waals surface area contributed by atoms with E-state index in [1.54, 1.807) is 19.1 Å². The molecule has 152 valence electrons. The lowest BCUT2D eigenvalue weighted by Gasteiger charge is -2.10.